The lowest BCUT2D eigenvalue weighted by Gasteiger charge is -2.39. The fourth-order valence-electron chi connectivity index (χ4n) is 4.68. The molecule has 3 atom stereocenters. The van der Waals surface area contributed by atoms with Crippen molar-refractivity contribution in [2.75, 3.05) is 24.5 Å². The highest BCUT2D eigenvalue weighted by atomic mass is 35.5. The molecule has 0 spiro atoms. The van der Waals surface area contributed by atoms with Crippen molar-refractivity contribution in [3.05, 3.63) is 68.7 Å². The zero-order chi connectivity index (χ0) is 24.2. The van der Waals surface area contributed by atoms with Crippen LogP contribution in [0.3, 0.4) is 0 Å². The Hall–Kier alpha value is -3.48. The van der Waals surface area contributed by atoms with Crippen LogP contribution in [0.25, 0.3) is 0 Å². The highest BCUT2D eigenvalue weighted by Crippen LogP contribution is 2.39. The predicted octanol–water partition coefficient (Wildman–Crippen LogP) is 3.55. The molecule has 0 bridgehead atoms. The fraction of sp³-hybridized carbons (Fsp3) is 0.375. The minimum atomic E-state index is -0.606. The molecule has 2 saturated heterocycles. The number of benzene rings is 2. The summed E-state index contributed by atoms with van der Waals surface area (Å²) < 4.78 is 5.26. The van der Waals surface area contributed by atoms with Crippen LogP contribution in [0.15, 0.2) is 42.5 Å². The summed E-state index contributed by atoms with van der Waals surface area (Å²) in [7, 11) is 0. The van der Waals surface area contributed by atoms with Crippen molar-refractivity contribution in [2.24, 2.45) is 5.92 Å². The molecule has 0 aromatic heterocycles. The number of piperidine rings is 1. The van der Waals surface area contributed by atoms with E-state index in [9.17, 15) is 25.0 Å². The number of nitrogens with zero attached hydrogens (tertiary/aromatic N) is 3. The van der Waals surface area contributed by atoms with Gasteiger partial charge in [0.1, 0.15) is 12.1 Å². The lowest BCUT2D eigenvalue weighted by molar-refractivity contribution is -0.384. The molecule has 0 radical (unpaired) electrons. The summed E-state index contributed by atoms with van der Waals surface area (Å²) in [5.41, 5.74) is 1.29. The molecule has 4 rings (SSSR count). The second-order valence-electron chi connectivity index (χ2n) is 8.43. The van der Waals surface area contributed by atoms with Crippen molar-refractivity contribution in [2.45, 2.75) is 31.2 Å². The summed E-state index contributed by atoms with van der Waals surface area (Å²) in [4.78, 5) is 38.0. The molecule has 2 heterocycles. The highest BCUT2D eigenvalue weighted by Gasteiger charge is 2.39. The van der Waals surface area contributed by atoms with Crippen molar-refractivity contribution < 1.29 is 19.2 Å². The van der Waals surface area contributed by atoms with Gasteiger partial charge < -0.3 is 15.0 Å². The van der Waals surface area contributed by atoms with Gasteiger partial charge in [-0.2, -0.15) is 5.26 Å². The number of anilines is 1. The maximum absolute atomic E-state index is 13.1. The smallest absolute Gasteiger partial charge is 0.330 e. The normalized spacial score (nSPS) is 22.1. The maximum Gasteiger partial charge on any atom is 0.330 e. The molecular weight excluding hydrogens is 460 g/mol. The van der Waals surface area contributed by atoms with Crippen LogP contribution in [0.2, 0.25) is 5.02 Å². The van der Waals surface area contributed by atoms with Gasteiger partial charge in [-0.05, 0) is 43.5 Å². The first-order chi connectivity index (χ1) is 16.4. The topological polar surface area (TPSA) is 126 Å². The van der Waals surface area contributed by atoms with E-state index < -0.39 is 34.7 Å². The molecule has 2 unspecified atom stereocenters. The van der Waals surface area contributed by atoms with Crippen LogP contribution in [0.5, 0.6) is 0 Å². The Morgan fingerprint density at radius 1 is 1.21 bits per heavy atom. The van der Waals surface area contributed by atoms with Gasteiger partial charge in [0, 0.05) is 36.2 Å². The monoisotopic (exact) mass is 482 g/mol. The first kappa shape index (κ1) is 23.7. The van der Waals surface area contributed by atoms with E-state index in [1.807, 2.05) is 23.1 Å². The van der Waals surface area contributed by atoms with Crippen molar-refractivity contribution in [1.29, 1.82) is 5.26 Å². The number of carbonyl (C=O) groups excluding carboxylic acids is 2. The molecule has 10 heteroatoms. The molecule has 34 heavy (non-hydrogen) atoms. The van der Waals surface area contributed by atoms with Crippen molar-refractivity contribution in [1.82, 2.24) is 5.32 Å². The lowest BCUT2D eigenvalue weighted by atomic mass is 9.80. The third-order valence-corrected chi connectivity index (χ3v) is 6.76. The number of nitriles is 1. The molecular formula is C24H23ClN4O5. The fourth-order valence-corrected chi connectivity index (χ4v) is 4.95. The van der Waals surface area contributed by atoms with Gasteiger partial charge in [-0.25, -0.2) is 4.79 Å². The van der Waals surface area contributed by atoms with Crippen LogP contribution in [-0.2, 0) is 14.3 Å². The Morgan fingerprint density at radius 3 is 2.68 bits per heavy atom. The molecule has 2 fully saturated rings. The Balaban J connectivity index is 1.61. The molecule has 2 aliphatic heterocycles. The van der Waals surface area contributed by atoms with E-state index in [-0.39, 0.29) is 11.3 Å². The molecule has 0 saturated carbocycles. The molecule has 1 N–H and O–H groups in total. The van der Waals surface area contributed by atoms with Crippen LogP contribution >= 0.6 is 11.6 Å². The van der Waals surface area contributed by atoms with Crippen molar-refractivity contribution in [3.8, 4) is 6.07 Å². The number of rotatable bonds is 5. The first-order valence-electron chi connectivity index (χ1n) is 11.1. The van der Waals surface area contributed by atoms with E-state index in [0.717, 1.165) is 12.0 Å². The number of nitrogens with one attached hydrogen (secondary N) is 1. The van der Waals surface area contributed by atoms with Crippen molar-refractivity contribution >= 4 is 34.9 Å². The van der Waals surface area contributed by atoms with Crippen LogP contribution in [0.1, 0.15) is 36.3 Å². The zero-order valence-corrected chi connectivity index (χ0v) is 19.0. The minimum Gasteiger partial charge on any atom is -0.392 e. The number of nitro groups is 1. The average Bonchev–Trinajstić information content (AvgIpc) is 3.39. The van der Waals surface area contributed by atoms with Gasteiger partial charge in [-0.1, -0.05) is 29.8 Å². The molecule has 9 nitrogen and oxygen atoms in total. The van der Waals surface area contributed by atoms with Crippen LogP contribution < -0.4 is 10.2 Å². The number of hydrogen-bond donors (Lipinski definition) is 1. The predicted molar refractivity (Wildman–Crippen MR) is 124 cm³/mol. The van der Waals surface area contributed by atoms with Crippen LogP contribution in [-0.4, -0.2) is 42.5 Å². The van der Waals surface area contributed by atoms with Crippen molar-refractivity contribution in [3.63, 3.8) is 0 Å². The first-order valence-corrected chi connectivity index (χ1v) is 11.4. The zero-order valence-electron chi connectivity index (χ0n) is 18.3. The van der Waals surface area contributed by atoms with Crippen LogP contribution in [0.4, 0.5) is 11.4 Å². The van der Waals surface area contributed by atoms with Gasteiger partial charge in [0.15, 0.2) is 0 Å². The molecule has 0 aliphatic carbocycles. The SMILES string of the molecule is N#Cc1cc([N+](=O)[O-])ccc1N1CCC(C(=O)OC(=O)C2CCCN2)[C@H](c2ccccc2Cl)C1. The van der Waals surface area contributed by atoms with Gasteiger partial charge >= 0.3 is 11.9 Å². The summed E-state index contributed by atoms with van der Waals surface area (Å²) in [5.74, 6) is -2.16. The van der Waals surface area contributed by atoms with E-state index in [1.54, 1.807) is 18.2 Å². The molecule has 176 valence electrons. The van der Waals surface area contributed by atoms with Gasteiger partial charge in [-0.15, -0.1) is 0 Å². The number of nitro benzene ring substituents is 1. The molecule has 0 amide bonds. The quantitative estimate of drug-likeness (QED) is 0.297. The Labute approximate surface area is 201 Å². The van der Waals surface area contributed by atoms with E-state index in [4.69, 9.17) is 16.3 Å². The highest BCUT2D eigenvalue weighted by molar-refractivity contribution is 6.31. The summed E-state index contributed by atoms with van der Waals surface area (Å²) in [6, 6.07) is 12.9. The Kier molecular flexibility index (Phi) is 7.10. The molecule has 2 aromatic rings. The molecule has 2 aromatic carbocycles. The molecule has 2 aliphatic rings. The maximum atomic E-state index is 13.1. The number of carbonyl (C=O) groups is 2. The van der Waals surface area contributed by atoms with E-state index in [0.29, 0.717) is 43.2 Å². The third kappa shape index (κ3) is 4.88. The summed E-state index contributed by atoms with van der Waals surface area (Å²) in [5, 5.41) is 24.2. The van der Waals surface area contributed by atoms with Gasteiger partial charge in [0.05, 0.1) is 22.1 Å². The van der Waals surface area contributed by atoms with Gasteiger partial charge in [0.25, 0.3) is 5.69 Å². The second kappa shape index (κ2) is 10.2. The Morgan fingerprint density at radius 2 is 2.00 bits per heavy atom. The minimum absolute atomic E-state index is 0.166. The third-order valence-electron chi connectivity index (χ3n) is 6.42. The number of halogens is 1. The van der Waals surface area contributed by atoms with Crippen LogP contribution in [0, 0.1) is 27.4 Å². The summed E-state index contributed by atoms with van der Waals surface area (Å²) in [6.45, 7) is 1.44. The number of non-ortho nitro benzene ring substituents is 1. The summed E-state index contributed by atoms with van der Waals surface area (Å²) >= 11 is 6.47. The number of hydrogen-bond acceptors (Lipinski definition) is 8. The standard InChI is InChI=1S/C24H23ClN4O5/c25-20-5-2-1-4-17(20)19-14-28(22-8-7-16(29(32)33)12-15(22)13-26)11-9-18(19)23(30)34-24(31)21-6-3-10-27-21/h1-2,4-5,7-8,12,18-19,21,27H,3,6,9-11,14H2/t18?,19-,21?/m0/s1. The Bertz CT molecular complexity index is 1160. The second-order valence-corrected chi connectivity index (χ2v) is 8.84. The van der Waals surface area contributed by atoms with Gasteiger partial charge in [-0.3, -0.25) is 14.9 Å². The number of ether oxygens (including phenoxy) is 1. The van der Waals surface area contributed by atoms with E-state index in [1.165, 1.54) is 12.1 Å². The average molecular weight is 483 g/mol. The lowest BCUT2D eigenvalue weighted by Crippen LogP contribution is -2.44. The largest absolute Gasteiger partial charge is 0.392 e. The van der Waals surface area contributed by atoms with Gasteiger partial charge in [0.2, 0.25) is 0 Å². The van der Waals surface area contributed by atoms with E-state index in [2.05, 4.69) is 5.32 Å². The summed E-state index contributed by atoms with van der Waals surface area (Å²) in [6.07, 6.45) is 1.85. The number of esters is 2. The van der Waals surface area contributed by atoms with E-state index >= 15 is 0 Å².